The molecule has 2 rings (SSSR count). The van der Waals surface area contributed by atoms with Gasteiger partial charge in [-0.1, -0.05) is 13.0 Å². The lowest BCUT2D eigenvalue weighted by Gasteiger charge is -2.26. The van der Waals surface area contributed by atoms with Crippen LogP contribution in [-0.2, 0) is 29.6 Å². The van der Waals surface area contributed by atoms with E-state index in [0.29, 0.717) is 23.4 Å². The van der Waals surface area contributed by atoms with Crippen LogP contribution in [0.25, 0.3) is 6.08 Å². The molecule has 0 unspecified atom stereocenters. The summed E-state index contributed by atoms with van der Waals surface area (Å²) in [5.74, 6) is -0.357. The highest BCUT2D eigenvalue weighted by Gasteiger charge is 2.21. The minimum absolute atomic E-state index is 0.00931. The molecule has 0 bridgehead atoms. The molecule has 220 valence electrons. The van der Waals surface area contributed by atoms with Crippen molar-refractivity contribution in [3.8, 4) is 6.07 Å². The minimum Gasteiger partial charge on any atom is -0.319 e. The molecule has 0 aliphatic heterocycles. The van der Waals surface area contributed by atoms with Crippen LogP contribution in [-0.4, -0.2) is 32.2 Å². The number of rotatable bonds is 16. The number of carbonyl (C=O) groups excluding carboxylic acids is 1. The number of nitrogens with zero attached hydrogens (tertiary/aromatic N) is 2. The molecule has 0 saturated heterocycles. The van der Waals surface area contributed by atoms with Crippen molar-refractivity contribution >= 4 is 33.3 Å². The van der Waals surface area contributed by atoms with E-state index in [2.05, 4.69) is 17.9 Å². The van der Waals surface area contributed by atoms with Gasteiger partial charge in [0, 0.05) is 11.3 Å². The van der Waals surface area contributed by atoms with Crippen LogP contribution in [0.1, 0.15) is 62.5 Å². The van der Waals surface area contributed by atoms with E-state index >= 15 is 0 Å². The predicted octanol–water partition coefficient (Wildman–Crippen LogP) is 6.40. The monoisotopic (exact) mass is 583 g/mol. The van der Waals surface area contributed by atoms with E-state index in [1.54, 1.807) is 52.8 Å². The normalized spacial score (nSPS) is 11.6. The van der Waals surface area contributed by atoms with E-state index in [0.717, 1.165) is 5.56 Å². The third-order valence-electron chi connectivity index (χ3n) is 5.24. The van der Waals surface area contributed by atoms with Crippen LogP contribution in [0.5, 0.6) is 0 Å². The Morgan fingerprint density at radius 1 is 1.02 bits per heavy atom. The van der Waals surface area contributed by atoms with Gasteiger partial charge in [0.05, 0.1) is 23.6 Å². The molecule has 0 radical (unpaired) electrons. The maximum absolute atomic E-state index is 13.1. The van der Waals surface area contributed by atoms with Gasteiger partial charge in [-0.15, -0.1) is 0 Å². The summed E-state index contributed by atoms with van der Waals surface area (Å²) in [6, 6.07) is 13.1. The highest BCUT2D eigenvalue weighted by Crippen LogP contribution is 2.28. The molecule has 0 atom stereocenters. The number of nitriles is 1. The number of allylic oxidation sites excluding steroid dienone is 1. The van der Waals surface area contributed by atoms with E-state index in [1.165, 1.54) is 35.2 Å². The lowest BCUT2D eigenvalue weighted by atomic mass is 9.99. The molecule has 1 N–H and O–H groups in total. The summed E-state index contributed by atoms with van der Waals surface area (Å²) in [6.07, 6.45) is 1.51. The number of nitrogens with one attached hydrogen (secondary N) is 1. The maximum Gasteiger partial charge on any atom is 0.237 e. The van der Waals surface area contributed by atoms with Gasteiger partial charge in [-0.25, -0.2) is 13.3 Å². The Hall–Kier alpha value is -4.11. The van der Waals surface area contributed by atoms with Gasteiger partial charge in [0.25, 0.3) is 0 Å². The number of hydrogen-bond donors (Lipinski definition) is 1. The molecule has 0 aromatic heterocycles. The lowest BCUT2D eigenvalue weighted by Crippen LogP contribution is -2.25. The topological polar surface area (TPSA) is 127 Å². The summed E-state index contributed by atoms with van der Waals surface area (Å²) in [5, 5.41) is 9.75. The average molecular weight is 584 g/mol. The van der Waals surface area contributed by atoms with Crippen molar-refractivity contribution in [1.82, 2.24) is 0 Å². The molecule has 0 spiro atoms. The van der Waals surface area contributed by atoms with Gasteiger partial charge in [0.2, 0.25) is 27.6 Å². The number of ketones is 1. The highest BCUT2D eigenvalue weighted by atomic mass is 32.2. The SMILES string of the molecule is C=C(OOC(C)C)N(C(=C)OOC(C)C)c1ccc(/C=C(\C#N)C(=O)c2ccc(NS(=O)(=O)CCC)cc2)c(C)c1. The van der Waals surface area contributed by atoms with Crippen molar-refractivity contribution in [2.45, 2.75) is 60.2 Å². The van der Waals surface area contributed by atoms with E-state index in [9.17, 15) is 18.5 Å². The molecule has 0 amide bonds. The van der Waals surface area contributed by atoms with Gasteiger partial charge in [-0.3, -0.25) is 9.52 Å². The molecular weight excluding hydrogens is 546 g/mol. The summed E-state index contributed by atoms with van der Waals surface area (Å²) in [5.41, 5.74) is 2.39. The van der Waals surface area contributed by atoms with E-state index in [-0.39, 0.29) is 40.9 Å². The predicted molar refractivity (Wildman–Crippen MR) is 159 cm³/mol. The van der Waals surface area contributed by atoms with Gasteiger partial charge in [-0.2, -0.15) is 15.0 Å². The quantitative estimate of drug-likeness (QED) is 0.0596. The van der Waals surface area contributed by atoms with Gasteiger partial charge in [-0.05, 0) is 108 Å². The Morgan fingerprint density at radius 2 is 1.59 bits per heavy atom. The highest BCUT2D eigenvalue weighted by molar-refractivity contribution is 7.92. The van der Waals surface area contributed by atoms with Crippen LogP contribution in [0.15, 0.2) is 73.0 Å². The van der Waals surface area contributed by atoms with Crippen molar-refractivity contribution in [3.05, 3.63) is 89.7 Å². The fraction of sp³-hybridized carbons (Fsp3) is 0.333. The van der Waals surface area contributed by atoms with E-state index < -0.39 is 15.8 Å². The smallest absolute Gasteiger partial charge is 0.237 e. The standard InChI is InChI=1S/C30H37N3O7S/c1-9-16-41(35,36)32-28-13-10-25(11-14-28)30(34)27(19-31)18-26-12-15-29(17-22(26)6)33(23(7)39-37-20(2)3)24(8)40-38-21(4)5/h10-15,17-18,20-21,32H,7-9,16H2,1-6H3/b27-18+. The first-order valence-electron chi connectivity index (χ1n) is 13.0. The minimum atomic E-state index is -3.46. The number of benzene rings is 2. The van der Waals surface area contributed by atoms with Crippen LogP contribution in [0, 0.1) is 18.3 Å². The van der Waals surface area contributed by atoms with Crippen molar-refractivity contribution < 1.29 is 32.8 Å². The molecule has 0 fully saturated rings. The maximum atomic E-state index is 13.1. The molecule has 0 aliphatic rings. The molecule has 0 saturated carbocycles. The molecular formula is C30H37N3O7S. The number of Topliss-reactive ketones (excluding diaryl/α,β-unsaturated/α-hetero) is 1. The van der Waals surface area contributed by atoms with Crippen molar-refractivity contribution in [2.24, 2.45) is 0 Å². The van der Waals surface area contributed by atoms with Crippen LogP contribution in [0.3, 0.4) is 0 Å². The third kappa shape index (κ3) is 10.1. The number of carbonyl (C=O) groups is 1. The van der Waals surface area contributed by atoms with Crippen molar-refractivity contribution in [1.29, 1.82) is 5.26 Å². The summed E-state index contributed by atoms with van der Waals surface area (Å²) in [7, 11) is -3.46. The van der Waals surface area contributed by atoms with Crippen molar-refractivity contribution in [2.75, 3.05) is 15.4 Å². The van der Waals surface area contributed by atoms with Gasteiger partial charge in [0.1, 0.15) is 11.6 Å². The second kappa shape index (κ2) is 15.0. The largest absolute Gasteiger partial charge is 0.319 e. The molecule has 2 aromatic carbocycles. The second-order valence-corrected chi connectivity index (χ2v) is 11.5. The zero-order valence-corrected chi connectivity index (χ0v) is 25.1. The number of sulfonamides is 1. The molecule has 10 nitrogen and oxygen atoms in total. The Balaban J connectivity index is 2.33. The summed E-state index contributed by atoms with van der Waals surface area (Å²) in [4.78, 5) is 35.6. The fourth-order valence-electron chi connectivity index (χ4n) is 3.41. The summed E-state index contributed by atoms with van der Waals surface area (Å²) in [6.45, 7) is 18.6. The average Bonchev–Trinajstić information content (AvgIpc) is 2.90. The number of anilines is 2. The Bertz CT molecular complexity index is 1400. The molecule has 11 heteroatoms. The van der Waals surface area contributed by atoms with Gasteiger partial charge < -0.3 is 9.78 Å². The van der Waals surface area contributed by atoms with Crippen LogP contribution >= 0.6 is 0 Å². The van der Waals surface area contributed by atoms with Crippen LogP contribution in [0.2, 0.25) is 0 Å². The second-order valence-electron chi connectivity index (χ2n) is 9.62. The first-order chi connectivity index (χ1) is 19.3. The third-order valence-corrected chi connectivity index (χ3v) is 6.73. The number of aryl methyl sites for hydroxylation is 1. The molecule has 0 heterocycles. The van der Waals surface area contributed by atoms with Gasteiger partial charge >= 0.3 is 0 Å². The summed E-state index contributed by atoms with van der Waals surface area (Å²) < 4.78 is 26.5. The van der Waals surface area contributed by atoms with Crippen LogP contribution < -0.4 is 9.62 Å². The Kier molecular flexibility index (Phi) is 12.1. The zero-order chi connectivity index (χ0) is 30.7. The fourth-order valence-corrected chi connectivity index (χ4v) is 4.55. The van der Waals surface area contributed by atoms with Crippen molar-refractivity contribution in [3.63, 3.8) is 0 Å². The van der Waals surface area contributed by atoms with Gasteiger partial charge in [0.15, 0.2) is 0 Å². The van der Waals surface area contributed by atoms with E-state index in [1.807, 2.05) is 13.0 Å². The molecule has 41 heavy (non-hydrogen) atoms. The first kappa shape index (κ1) is 33.1. The van der Waals surface area contributed by atoms with Crippen LogP contribution in [0.4, 0.5) is 11.4 Å². The first-order valence-corrected chi connectivity index (χ1v) is 14.7. The lowest BCUT2D eigenvalue weighted by molar-refractivity contribution is -0.299. The Labute approximate surface area is 242 Å². The summed E-state index contributed by atoms with van der Waals surface area (Å²) >= 11 is 0. The number of hydrogen-bond acceptors (Lipinski definition) is 9. The Morgan fingerprint density at radius 3 is 2.05 bits per heavy atom. The molecule has 0 aliphatic carbocycles. The zero-order valence-electron chi connectivity index (χ0n) is 24.3. The van der Waals surface area contributed by atoms with E-state index in [4.69, 9.17) is 19.6 Å². The molecule has 2 aromatic rings.